The summed E-state index contributed by atoms with van der Waals surface area (Å²) in [5.41, 5.74) is 6.31. The maximum Gasteiger partial charge on any atom is 0.324 e. The van der Waals surface area contributed by atoms with Crippen LogP contribution in [0.3, 0.4) is 0 Å². The Kier molecular flexibility index (Phi) is 8.52. The lowest BCUT2D eigenvalue weighted by Crippen LogP contribution is -2.33. The van der Waals surface area contributed by atoms with Crippen LogP contribution in [0.25, 0.3) is 0 Å². The van der Waals surface area contributed by atoms with E-state index in [2.05, 4.69) is 0 Å². The van der Waals surface area contributed by atoms with Crippen LogP contribution in [0.2, 0.25) is 0 Å². The average molecular weight is 246 g/mol. The van der Waals surface area contributed by atoms with Crippen LogP contribution in [0.15, 0.2) is 30.3 Å². The van der Waals surface area contributed by atoms with E-state index in [1.165, 1.54) is 0 Å². The molecule has 1 aromatic carbocycles. The number of benzene rings is 1. The van der Waals surface area contributed by atoms with Gasteiger partial charge in [-0.2, -0.15) is 0 Å². The van der Waals surface area contributed by atoms with Crippen LogP contribution in [-0.2, 0) is 16.1 Å². The molecule has 16 heavy (non-hydrogen) atoms. The van der Waals surface area contributed by atoms with E-state index in [1.807, 2.05) is 30.3 Å². The SMILES string of the molecule is CO.N[C@@H](CCl)C(=O)OCc1ccccc1. The normalized spacial score (nSPS) is 11.0. The molecule has 0 aliphatic rings. The summed E-state index contributed by atoms with van der Waals surface area (Å²) >= 11 is 5.40. The summed E-state index contributed by atoms with van der Waals surface area (Å²) in [6.45, 7) is 0.240. The molecule has 1 rings (SSSR count). The highest BCUT2D eigenvalue weighted by molar-refractivity contribution is 6.19. The Hall–Kier alpha value is -1.10. The Morgan fingerprint density at radius 3 is 2.50 bits per heavy atom. The van der Waals surface area contributed by atoms with Gasteiger partial charge in [0, 0.05) is 13.0 Å². The fraction of sp³-hybridized carbons (Fsp3) is 0.364. The number of rotatable bonds is 4. The molecule has 0 saturated heterocycles. The van der Waals surface area contributed by atoms with Gasteiger partial charge in [-0.25, -0.2) is 0 Å². The Morgan fingerprint density at radius 1 is 1.44 bits per heavy atom. The first-order chi connectivity index (χ1) is 7.74. The van der Waals surface area contributed by atoms with Gasteiger partial charge >= 0.3 is 5.97 Å². The van der Waals surface area contributed by atoms with Crippen LogP contribution in [0, 0.1) is 0 Å². The molecule has 1 aromatic rings. The van der Waals surface area contributed by atoms with Gasteiger partial charge in [0.05, 0.1) is 0 Å². The van der Waals surface area contributed by atoms with Crippen molar-refractivity contribution in [2.45, 2.75) is 12.6 Å². The minimum absolute atomic E-state index is 0.0770. The molecule has 90 valence electrons. The largest absolute Gasteiger partial charge is 0.460 e. The van der Waals surface area contributed by atoms with Gasteiger partial charge in [-0.3, -0.25) is 4.79 Å². The fourth-order valence-electron chi connectivity index (χ4n) is 0.899. The molecule has 0 fully saturated rings. The molecule has 0 amide bonds. The van der Waals surface area contributed by atoms with Crippen molar-refractivity contribution in [3.63, 3.8) is 0 Å². The number of nitrogens with two attached hydrogens (primary N) is 1. The number of carbonyl (C=O) groups is 1. The monoisotopic (exact) mass is 245 g/mol. The number of halogens is 1. The molecule has 0 unspecified atom stereocenters. The number of aliphatic hydroxyl groups is 1. The zero-order chi connectivity index (χ0) is 12.4. The third-order valence-electron chi connectivity index (χ3n) is 1.69. The van der Waals surface area contributed by atoms with Crippen LogP contribution >= 0.6 is 11.6 Å². The van der Waals surface area contributed by atoms with Gasteiger partial charge < -0.3 is 15.6 Å². The van der Waals surface area contributed by atoms with E-state index in [9.17, 15) is 4.79 Å². The summed E-state index contributed by atoms with van der Waals surface area (Å²) in [7, 11) is 1.00. The van der Waals surface area contributed by atoms with Crippen molar-refractivity contribution in [2.24, 2.45) is 5.73 Å². The van der Waals surface area contributed by atoms with E-state index < -0.39 is 12.0 Å². The lowest BCUT2D eigenvalue weighted by molar-refractivity contribution is -0.145. The summed E-state index contributed by atoms with van der Waals surface area (Å²) in [5, 5.41) is 7.00. The summed E-state index contributed by atoms with van der Waals surface area (Å²) in [6.07, 6.45) is 0. The molecule has 0 aliphatic heterocycles. The fourth-order valence-corrected chi connectivity index (χ4v) is 1.02. The third kappa shape index (κ3) is 5.70. The van der Waals surface area contributed by atoms with Crippen LogP contribution in [0.1, 0.15) is 5.56 Å². The molecule has 1 atom stereocenters. The van der Waals surface area contributed by atoms with Crippen LogP contribution in [-0.4, -0.2) is 30.1 Å². The number of esters is 1. The molecule has 0 heterocycles. The van der Waals surface area contributed by atoms with Gasteiger partial charge in [-0.15, -0.1) is 11.6 Å². The topological polar surface area (TPSA) is 72.5 Å². The highest BCUT2D eigenvalue weighted by atomic mass is 35.5. The van der Waals surface area contributed by atoms with E-state index in [4.69, 9.17) is 27.2 Å². The van der Waals surface area contributed by atoms with Crippen molar-refractivity contribution in [1.82, 2.24) is 0 Å². The molecule has 0 radical (unpaired) electrons. The minimum atomic E-state index is -0.736. The smallest absolute Gasteiger partial charge is 0.324 e. The molecule has 0 aromatic heterocycles. The van der Waals surface area contributed by atoms with Crippen molar-refractivity contribution >= 4 is 17.6 Å². The van der Waals surface area contributed by atoms with Gasteiger partial charge in [0.1, 0.15) is 12.6 Å². The number of alkyl halides is 1. The van der Waals surface area contributed by atoms with Crippen molar-refractivity contribution in [2.75, 3.05) is 13.0 Å². The van der Waals surface area contributed by atoms with Crippen molar-refractivity contribution in [3.8, 4) is 0 Å². The average Bonchev–Trinajstić information content (AvgIpc) is 2.38. The molecular formula is C11H16ClNO3. The molecule has 0 bridgehead atoms. The standard InChI is InChI=1S/C10H12ClNO2.CH4O/c11-6-9(12)10(13)14-7-8-4-2-1-3-5-8;1-2/h1-5,9H,6-7,12H2;2H,1H3/t9-;/m0./s1. The van der Waals surface area contributed by atoms with Crippen molar-refractivity contribution in [1.29, 1.82) is 0 Å². The van der Waals surface area contributed by atoms with Gasteiger partial charge in [0.2, 0.25) is 0 Å². The highest BCUT2D eigenvalue weighted by Gasteiger charge is 2.12. The van der Waals surface area contributed by atoms with E-state index >= 15 is 0 Å². The van der Waals surface area contributed by atoms with Gasteiger partial charge in [-0.1, -0.05) is 30.3 Å². The first kappa shape index (κ1) is 14.9. The Morgan fingerprint density at radius 2 is 2.00 bits per heavy atom. The van der Waals surface area contributed by atoms with Gasteiger partial charge in [0.25, 0.3) is 0 Å². The summed E-state index contributed by atoms with van der Waals surface area (Å²) in [4.78, 5) is 11.1. The Balaban J connectivity index is 0.00000106. The first-order valence-corrected chi connectivity index (χ1v) is 5.24. The second-order valence-corrected chi connectivity index (χ2v) is 3.16. The Labute approximate surface area is 100.0 Å². The predicted molar refractivity (Wildman–Crippen MR) is 63.1 cm³/mol. The number of hydrogen-bond donors (Lipinski definition) is 2. The number of ether oxygens (including phenoxy) is 1. The van der Waals surface area contributed by atoms with E-state index in [1.54, 1.807) is 0 Å². The first-order valence-electron chi connectivity index (χ1n) is 4.71. The van der Waals surface area contributed by atoms with Crippen LogP contribution < -0.4 is 5.73 Å². The highest BCUT2D eigenvalue weighted by Crippen LogP contribution is 2.01. The quantitative estimate of drug-likeness (QED) is 0.611. The van der Waals surface area contributed by atoms with Crippen molar-refractivity contribution < 1.29 is 14.6 Å². The van der Waals surface area contributed by atoms with Crippen LogP contribution in [0.4, 0.5) is 0 Å². The van der Waals surface area contributed by atoms with E-state index in [-0.39, 0.29) is 12.5 Å². The molecule has 4 nitrogen and oxygen atoms in total. The lowest BCUT2D eigenvalue weighted by Gasteiger charge is -2.08. The number of hydrogen-bond acceptors (Lipinski definition) is 4. The maximum atomic E-state index is 11.1. The summed E-state index contributed by atoms with van der Waals surface area (Å²) in [5.74, 6) is -0.392. The minimum Gasteiger partial charge on any atom is -0.460 e. The van der Waals surface area contributed by atoms with Gasteiger partial charge in [0.15, 0.2) is 0 Å². The summed E-state index contributed by atoms with van der Waals surface area (Å²) < 4.78 is 4.93. The van der Waals surface area contributed by atoms with Crippen molar-refractivity contribution in [3.05, 3.63) is 35.9 Å². The number of aliphatic hydroxyl groups excluding tert-OH is 1. The second kappa shape index (κ2) is 9.15. The molecule has 0 spiro atoms. The molecular weight excluding hydrogens is 230 g/mol. The van der Waals surface area contributed by atoms with E-state index in [0.29, 0.717) is 0 Å². The van der Waals surface area contributed by atoms with E-state index in [0.717, 1.165) is 12.7 Å². The molecule has 3 N–H and O–H groups in total. The number of carbonyl (C=O) groups excluding carboxylic acids is 1. The zero-order valence-electron chi connectivity index (χ0n) is 9.10. The summed E-state index contributed by atoms with van der Waals surface area (Å²) in [6, 6.07) is 8.67. The third-order valence-corrected chi connectivity index (χ3v) is 2.03. The Bertz CT molecular complexity index is 293. The lowest BCUT2D eigenvalue weighted by atomic mass is 10.2. The van der Waals surface area contributed by atoms with Crippen LogP contribution in [0.5, 0.6) is 0 Å². The second-order valence-electron chi connectivity index (χ2n) is 2.85. The predicted octanol–water partition coefficient (Wildman–Crippen LogP) is 0.904. The molecule has 0 aliphatic carbocycles. The van der Waals surface area contributed by atoms with Gasteiger partial charge in [-0.05, 0) is 5.56 Å². The molecule has 5 heteroatoms. The molecule has 0 saturated carbocycles. The maximum absolute atomic E-state index is 11.1. The zero-order valence-corrected chi connectivity index (χ0v) is 9.85.